The average molecular weight is 495 g/mol. The summed E-state index contributed by atoms with van der Waals surface area (Å²) in [7, 11) is 0. The molecule has 0 aliphatic heterocycles. The fourth-order valence-corrected chi connectivity index (χ4v) is 4.55. The molecule has 3 aromatic carbocycles. The number of pyridine rings is 1. The van der Waals surface area contributed by atoms with E-state index in [2.05, 4.69) is 34.6 Å². The standard InChI is InChI=1S/C30H30N4OS/c1-5-32-29(35)34(25-11-13-26(36-4)14-12-25)19-21-8-6-9-22(16-21)27-18-24(30(2,3)20-31)17-23-10-7-15-33-28(23)27/h6-18H,5,19H2,1-4H3,(H,32,35). The van der Waals surface area contributed by atoms with Crippen LogP contribution in [0.25, 0.3) is 22.0 Å². The van der Waals surface area contributed by atoms with Crippen LogP contribution in [0.5, 0.6) is 0 Å². The first-order chi connectivity index (χ1) is 17.4. The van der Waals surface area contributed by atoms with Gasteiger partial charge in [-0.15, -0.1) is 11.8 Å². The first kappa shape index (κ1) is 25.3. The zero-order valence-electron chi connectivity index (χ0n) is 21.1. The first-order valence-corrected chi connectivity index (χ1v) is 13.2. The molecule has 4 aromatic rings. The Morgan fingerprint density at radius 2 is 1.86 bits per heavy atom. The molecule has 0 atom stereocenters. The number of rotatable bonds is 7. The Hall–Kier alpha value is -3.82. The Kier molecular flexibility index (Phi) is 7.61. The summed E-state index contributed by atoms with van der Waals surface area (Å²) < 4.78 is 0. The van der Waals surface area contributed by atoms with Gasteiger partial charge in [0.1, 0.15) is 0 Å². The number of amides is 2. The van der Waals surface area contributed by atoms with E-state index in [-0.39, 0.29) is 6.03 Å². The summed E-state index contributed by atoms with van der Waals surface area (Å²) in [4.78, 5) is 20.6. The Labute approximate surface area is 217 Å². The molecule has 0 unspecified atom stereocenters. The monoisotopic (exact) mass is 494 g/mol. The van der Waals surface area contributed by atoms with Gasteiger partial charge >= 0.3 is 6.03 Å². The van der Waals surface area contributed by atoms with Crippen LogP contribution in [0.4, 0.5) is 10.5 Å². The maximum atomic E-state index is 13.0. The van der Waals surface area contributed by atoms with E-state index in [1.807, 2.05) is 81.6 Å². The van der Waals surface area contributed by atoms with Gasteiger partial charge in [-0.25, -0.2) is 4.79 Å². The molecule has 1 N–H and O–H groups in total. The van der Waals surface area contributed by atoms with Crippen LogP contribution in [0, 0.1) is 11.3 Å². The Balaban J connectivity index is 1.76. The molecule has 0 saturated carbocycles. The molecule has 0 fully saturated rings. The van der Waals surface area contributed by atoms with Crippen molar-refractivity contribution in [3.8, 4) is 17.2 Å². The average Bonchev–Trinajstić information content (AvgIpc) is 2.91. The number of anilines is 1. The van der Waals surface area contributed by atoms with Crippen LogP contribution in [-0.2, 0) is 12.0 Å². The highest BCUT2D eigenvalue weighted by Crippen LogP contribution is 2.34. The number of fused-ring (bicyclic) bond motifs is 1. The summed E-state index contributed by atoms with van der Waals surface area (Å²) in [6.45, 7) is 6.75. The minimum absolute atomic E-state index is 0.135. The number of carbonyl (C=O) groups excluding carboxylic acids is 1. The van der Waals surface area contributed by atoms with Crippen LogP contribution < -0.4 is 10.2 Å². The molecule has 0 spiro atoms. The Morgan fingerprint density at radius 3 is 2.56 bits per heavy atom. The molecule has 0 aliphatic rings. The molecule has 4 rings (SSSR count). The summed E-state index contributed by atoms with van der Waals surface area (Å²) in [5.74, 6) is 0. The van der Waals surface area contributed by atoms with Gasteiger partial charge in [-0.3, -0.25) is 9.88 Å². The van der Waals surface area contributed by atoms with Crippen molar-refractivity contribution < 1.29 is 4.79 Å². The molecule has 6 heteroatoms. The second kappa shape index (κ2) is 10.8. The van der Waals surface area contributed by atoms with Gasteiger partial charge < -0.3 is 5.32 Å². The predicted molar refractivity (Wildman–Crippen MR) is 149 cm³/mol. The van der Waals surface area contributed by atoms with Crippen LogP contribution in [0.1, 0.15) is 31.9 Å². The van der Waals surface area contributed by atoms with Crippen LogP contribution in [-0.4, -0.2) is 23.8 Å². The Morgan fingerprint density at radius 1 is 1.08 bits per heavy atom. The number of thioether (sulfide) groups is 1. The molecule has 1 heterocycles. The molecule has 0 radical (unpaired) electrons. The van der Waals surface area contributed by atoms with E-state index in [0.717, 1.165) is 43.7 Å². The van der Waals surface area contributed by atoms with Gasteiger partial charge in [0.2, 0.25) is 0 Å². The molecule has 5 nitrogen and oxygen atoms in total. The van der Waals surface area contributed by atoms with E-state index >= 15 is 0 Å². The van der Waals surface area contributed by atoms with E-state index in [1.165, 1.54) is 0 Å². The van der Waals surface area contributed by atoms with Crippen LogP contribution in [0.15, 0.2) is 83.9 Å². The van der Waals surface area contributed by atoms with Gasteiger partial charge in [-0.2, -0.15) is 5.26 Å². The molecule has 0 bridgehead atoms. The quantitative estimate of drug-likeness (QED) is 0.277. The van der Waals surface area contributed by atoms with Gasteiger partial charge in [-0.1, -0.05) is 24.3 Å². The van der Waals surface area contributed by atoms with Crippen molar-refractivity contribution in [2.24, 2.45) is 0 Å². The SMILES string of the molecule is CCNC(=O)N(Cc1cccc(-c2cc(C(C)(C)C#N)cc3cccnc23)c1)c1ccc(SC)cc1. The summed E-state index contributed by atoms with van der Waals surface area (Å²) in [5, 5.41) is 13.7. The van der Waals surface area contributed by atoms with Crippen molar-refractivity contribution in [2.45, 2.75) is 37.6 Å². The number of urea groups is 1. The van der Waals surface area contributed by atoms with Crippen LogP contribution in [0.2, 0.25) is 0 Å². The van der Waals surface area contributed by atoms with Crippen molar-refractivity contribution in [2.75, 3.05) is 17.7 Å². The molecule has 1 aromatic heterocycles. The van der Waals surface area contributed by atoms with Crippen LogP contribution >= 0.6 is 11.8 Å². The first-order valence-electron chi connectivity index (χ1n) is 12.0. The molecule has 2 amide bonds. The zero-order valence-corrected chi connectivity index (χ0v) is 21.9. The third-order valence-electron chi connectivity index (χ3n) is 6.24. The fourth-order valence-electron chi connectivity index (χ4n) is 4.15. The lowest BCUT2D eigenvalue weighted by atomic mass is 9.83. The second-order valence-corrected chi connectivity index (χ2v) is 10.0. The summed E-state index contributed by atoms with van der Waals surface area (Å²) in [5.41, 5.74) is 5.02. The number of benzene rings is 3. The smallest absolute Gasteiger partial charge is 0.322 e. The number of hydrogen-bond donors (Lipinski definition) is 1. The third kappa shape index (κ3) is 5.37. The topological polar surface area (TPSA) is 69.0 Å². The third-order valence-corrected chi connectivity index (χ3v) is 6.99. The number of carbonyl (C=O) groups is 1. The largest absolute Gasteiger partial charge is 0.338 e. The maximum absolute atomic E-state index is 13.0. The number of aromatic nitrogens is 1. The van der Waals surface area contributed by atoms with Crippen LogP contribution in [0.3, 0.4) is 0 Å². The highest BCUT2D eigenvalue weighted by Gasteiger charge is 2.22. The minimum atomic E-state index is -0.631. The van der Waals surface area contributed by atoms with E-state index in [9.17, 15) is 10.1 Å². The number of nitrogens with one attached hydrogen (secondary N) is 1. The van der Waals surface area contributed by atoms with Crippen molar-refractivity contribution in [1.82, 2.24) is 10.3 Å². The van der Waals surface area contributed by atoms with Crippen molar-refractivity contribution in [3.63, 3.8) is 0 Å². The van der Waals surface area contributed by atoms with Crippen molar-refractivity contribution in [1.29, 1.82) is 5.26 Å². The van der Waals surface area contributed by atoms with E-state index in [0.29, 0.717) is 13.1 Å². The summed E-state index contributed by atoms with van der Waals surface area (Å²) >= 11 is 1.67. The highest BCUT2D eigenvalue weighted by molar-refractivity contribution is 7.98. The van der Waals surface area contributed by atoms with E-state index in [4.69, 9.17) is 0 Å². The van der Waals surface area contributed by atoms with Crippen molar-refractivity contribution in [3.05, 3.63) is 90.1 Å². The highest BCUT2D eigenvalue weighted by atomic mass is 32.2. The van der Waals surface area contributed by atoms with Gasteiger partial charge in [0, 0.05) is 34.3 Å². The molecule has 182 valence electrons. The molecule has 36 heavy (non-hydrogen) atoms. The van der Waals surface area contributed by atoms with Gasteiger partial charge in [-0.05, 0) is 92.2 Å². The Bertz CT molecular complexity index is 1420. The zero-order chi connectivity index (χ0) is 25.7. The van der Waals surface area contributed by atoms with Gasteiger partial charge in [0.15, 0.2) is 0 Å². The van der Waals surface area contributed by atoms with Gasteiger partial charge in [0.05, 0.1) is 23.5 Å². The van der Waals surface area contributed by atoms with E-state index in [1.54, 1.807) is 22.9 Å². The van der Waals surface area contributed by atoms with Gasteiger partial charge in [0.25, 0.3) is 0 Å². The minimum Gasteiger partial charge on any atom is -0.338 e. The number of hydrogen-bond acceptors (Lipinski definition) is 4. The lowest BCUT2D eigenvalue weighted by Gasteiger charge is -2.24. The molecular formula is C30H30N4OS. The lowest BCUT2D eigenvalue weighted by Crippen LogP contribution is -2.39. The lowest BCUT2D eigenvalue weighted by molar-refractivity contribution is 0.246. The fraction of sp³-hybridized carbons (Fsp3) is 0.233. The molecular weight excluding hydrogens is 464 g/mol. The summed E-state index contributed by atoms with van der Waals surface area (Å²) in [6.07, 6.45) is 3.83. The second-order valence-electron chi connectivity index (χ2n) is 9.16. The number of nitriles is 1. The maximum Gasteiger partial charge on any atom is 0.322 e. The number of nitrogens with zero attached hydrogens (tertiary/aromatic N) is 3. The molecule has 0 saturated heterocycles. The predicted octanol–water partition coefficient (Wildman–Crippen LogP) is 7.16. The van der Waals surface area contributed by atoms with Crippen molar-refractivity contribution >= 4 is 34.4 Å². The molecule has 0 aliphatic carbocycles. The van der Waals surface area contributed by atoms with E-state index < -0.39 is 5.41 Å². The normalized spacial score (nSPS) is 11.2. The summed E-state index contributed by atoms with van der Waals surface area (Å²) in [6, 6.07) is 26.6.